The summed E-state index contributed by atoms with van der Waals surface area (Å²) >= 11 is 7.04. The molecule has 0 N–H and O–H groups in total. The van der Waals surface area contributed by atoms with Crippen molar-refractivity contribution in [2.75, 3.05) is 0 Å². The molecule has 0 radical (unpaired) electrons. The van der Waals surface area contributed by atoms with E-state index in [4.69, 9.17) is 17.5 Å². The van der Waals surface area contributed by atoms with Gasteiger partial charge in [-0.25, -0.2) is 0 Å². The number of thiophene rings is 2. The number of fused-ring (bicyclic) bond motifs is 13. The number of benzene rings is 3. The topological polar surface area (TPSA) is 56.5 Å². The molecule has 5 nitrogen and oxygen atoms in total. The van der Waals surface area contributed by atoms with Crippen molar-refractivity contribution in [1.29, 1.82) is 0 Å². The molecule has 0 fully saturated rings. The van der Waals surface area contributed by atoms with Crippen LogP contribution in [0.15, 0.2) is 36.4 Å². The van der Waals surface area contributed by atoms with Crippen LogP contribution in [-0.4, -0.2) is 22.1 Å². The summed E-state index contributed by atoms with van der Waals surface area (Å²) in [4.78, 5) is 2.82. The molecule has 9 heteroatoms. The SMILES string of the molecule is CCCCCCCCCCCCCCCCn1c2cc(C)sc2c2sc(-c3cc4c(c5nsnc35)-c3cc5c(cc3C4(CCCCCCCCCCCCCCCC)CCCCCCCCCCCCCCCC)-c3c(cc(C)c4nsnc34)C5(CCCCCCCCCCCCCCCC)CCCCCCCCCCCCCCCC)cc21. The van der Waals surface area contributed by atoms with Gasteiger partial charge >= 0.3 is 0 Å². The molecule has 119 heavy (non-hydrogen) atoms. The third-order valence-corrected chi connectivity index (χ3v) is 32.6. The van der Waals surface area contributed by atoms with E-state index in [9.17, 15) is 0 Å². The van der Waals surface area contributed by atoms with Crippen LogP contribution in [0.25, 0.3) is 75.2 Å². The second-order valence-corrected chi connectivity index (χ2v) is 42.4. The molecule has 5 heterocycles. The first kappa shape index (κ1) is 97.7. The summed E-state index contributed by atoms with van der Waals surface area (Å²) in [6, 6.07) is 16.4. The number of hydrogen-bond acceptors (Lipinski definition) is 8. The van der Waals surface area contributed by atoms with Crippen molar-refractivity contribution >= 4 is 88.6 Å². The van der Waals surface area contributed by atoms with Crippen molar-refractivity contribution < 1.29 is 0 Å². The van der Waals surface area contributed by atoms with Crippen molar-refractivity contribution in [3.63, 3.8) is 0 Å². The van der Waals surface area contributed by atoms with E-state index in [1.807, 2.05) is 11.3 Å². The second-order valence-electron chi connectivity index (χ2n) is 39.0. The minimum atomic E-state index is -0.155. The number of unbranched alkanes of at least 4 members (excludes halogenated alkanes) is 65. The van der Waals surface area contributed by atoms with Crippen LogP contribution in [0.5, 0.6) is 0 Å². The average molecular weight is 1700 g/mol. The molecule has 5 aromatic heterocycles. The molecule has 0 spiro atoms. The lowest BCUT2D eigenvalue weighted by molar-refractivity contribution is 0.393. The maximum atomic E-state index is 5.67. The van der Waals surface area contributed by atoms with Crippen LogP contribution in [0.4, 0.5) is 0 Å². The van der Waals surface area contributed by atoms with Crippen molar-refractivity contribution in [1.82, 2.24) is 22.1 Å². The Kier molecular flexibility index (Phi) is 47.0. The van der Waals surface area contributed by atoms with E-state index in [1.54, 1.807) is 22.3 Å². The van der Waals surface area contributed by atoms with Crippen LogP contribution < -0.4 is 0 Å². The third-order valence-electron chi connectivity index (χ3n) is 29.2. The molecule has 0 amide bonds. The van der Waals surface area contributed by atoms with Gasteiger partial charge in [0.2, 0.25) is 0 Å². The average Bonchev–Trinajstić information content (AvgIpc) is 1.51. The highest BCUT2D eigenvalue weighted by Gasteiger charge is 2.50. The molecular formula is C110H177N5S4. The third kappa shape index (κ3) is 29.8. The van der Waals surface area contributed by atoms with Crippen LogP contribution in [0.1, 0.15) is 542 Å². The zero-order chi connectivity index (χ0) is 83.1. The largest absolute Gasteiger partial charge is 0.339 e. The minimum Gasteiger partial charge on any atom is -0.339 e. The first-order chi connectivity index (χ1) is 58.8. The number of aromatic nitrogens is 5. The van der Waals surface area contributed by atoms with E-state index in [0.717, 1.165) is 17.6 Å². The summed E-state index contributed by atoms with van der Waals surface area (Å²) in [6.07, 6.45) is 102. The van der Waals surface area contributed by atoms with Gasteiger partial charge in [0.15, 0.2) is 0 Å². The lowest BCUT2D eigenvalue weighted by Crippen LogP contribution is -2.27. The van der Waals surface area contributed by atoms with Gasteiger partial charge in [0.25, 0.3) is 0 Å². The molecule has 0 unspecified atom stereocenters. The quantitative estimate of drug-likeness (QED) is 0.0357. The summed E-state index contributed by atoms with van der Waals surface area (Å²) in [5, 5.41) is 0. The fourth-order valence-electron chi connectivity index (χ4n) is 22.0. The Hall–Kier alpha value is -3.50. The predicted octanol–water partition coefficient (Wildman–Crippen LogP) is 39.7. The number of rotatable bonds is 76. The van der Waals surface area contributed by atoms with Gasteiger partial charge in [0, 0.05) is 43.8 Å². The standard InChI is InChI=1S/C110H177N5S4/c1-8-13-18-23-28-33-38-43-48-53-58-63-68-73-78-109(79-74-69-64-59-54-49-44-39-34-29-24-19-14-9-2)94-86-92-95(85-91(94)101-96(109)83-89(6)103-105(101)113-118-111-103)110(80-75-70-65-60-55-50-45-40-35-30-25-20-15-10-3,81-76-71-66-61-56-51-46-41-36-31-26-21-16-11-4)97-87-93(104-106(102(92)97)114-119-112-104)100-88-99-108(117-100)107-98(84-90(7)116-107)115(99)82-77-72-67-62-57-52-47-42-37-32-27-22-17-12-5/h83-88H,8-82H2,1-7H3. The van der Waals surface area contributed by atoms with Gasteiger partial charge in [-0.05, 0) is 115 Å². The Bertz CT molecular complexity index is 3930. The van der Waals surface area contributed by atoms with Gasteiger partial charge in [-0.2, -0.15) is 17.5 Å². The molecule has 2 aliphatic carbocycles. The zero-order valence-electron chi connectivity index (χ0n) is 78.4. The highest BCUT2D eigenvalue weighted by molar-refractivity contribution is 7.29. The Morgan fingerprint density at radius 3 is 0.824 bits per heavy atom. The summed E-state index contributed by atoms with van der Waals surface area (Å²) in [5.41, 5.74) is 22.2. The van der Waals surface area contributed by atoms with Gasteiger partial charge in [-0.3, -0.25) is 0 Å². The highest BCUT2D eigenvalue weighted by atomic mass is 32.1. The molecular weight excluding hydrogens is 1520 g/mol. The van der Waals surface area contributed by atoms with E-state index in [-0.39, 0.29) is 10.8 Å². The van der Waals surface area contributed by atoms with E-state index >= 15 is 0 Å². The first-order valence-electron chi connectivity index (χ1n) is 52.6. The minimum absolute atomic E-state index is 0.0976. The maximum Gasteiger partial charge on any atom is 0.114 e. The predicted molar refractivity (Wildman–Crippen MR) is 535 cm³/mol. The van der Waals surface area contributed by atoms with E-state index in [2.05, 4.69) is 101 Å². The second kappa shape index (κ2) is 57.3. The van der Waals surface area contributed by atoms with Crippen LogP contribution >= 0.6 is 46.1 Å². The van der Waals surface area contributed by atoms with Crippen molar-refractivity contribution in [3.8, 4) is 32.7 Å². The van der Waals surface area contributed by atoms with Crippen molar-refractivity contribution in [3.05, 3.63) is 69.1 Å². The van der Waals surface area contributed by atoms with Crippen LogP contribution in [-0.2, 0) is 17.4 Å². The van der Waals surface area contributed by atoms with Gasteiger partial charge in [0.05, 0.1) is 43.9 Å². The Morgan fingerprint density at radius 1 is 0.244 bits per heavy atom. The zero-order valence-corrected chi connectivity index (χ0v) is 81.6. The molecule has 8 aromatic rings. The first-order valence-corrected chi connectivity index (χ1v) is 55.7. The lowest BCUT2D eigenvalue weighted by Gasteiger charge is -2.35. The fraction of sp³-hybridized carbons (Fsp3) is 0.764. The molecule has 0 saturated heterocycles. The molecule has 10 rings (SSSR count). The Balaban J connectivity index is 0.987. The lowest BCUT2D eigenvalue weighted by atomic mass is 9.68. The molecule has 3 aromatic carbocycles. The summed E-state index contributed by atoms with van der Waals surface area (Å²) in [7, 11) is 0. The molecule has 0 bridgehead atoms. The Morgan fingerprint density at radius 2 is 0.496 bits per heavy atom. The smallest absolute Gasteiger partial charge is 0.114 e. The van der Waals surface area contributed by atoms with E-state index < -0.39 is 0 Å². The fourth-order valence-corrected chi connectivity index (χ4v) is 25.5. The number of nitrogens with zero attached hydrogens (tertiary/aromatic N) is 5. The van der Waals surface area contributed by atoms with Crippen LogP contribution in [0.2, 0.25) is 0 Å². The Labute approximate surface area is 747 Å². The number of aryl methyl sites for hydroxylation is 3. The van der Waals surface area contributed by atoms with Gasteiger partial charge in [-0.1, -0.05) is 484 Å². The van der Waals surface area contributed by atoms with Gasteiger partial charge in [0.1, 0.15) is 22.1 Å². The van der Waals surface area contributed by atoms with E-state index in [0.29, 0.717) is 0 Å². The van der Waals surface area contributed by atoms with E-state index in [1.165, 1.54) is 573 Å². The summed E-state index contributed by atoms with van der Waals surface area (Å²) < 4.78 is 27.6. The summed E-state index contributed by atoms with van der Waals surface area (Å²) in [5.74, 6) is 0. The molecule has 666 valence electrons. The summed E-state index contributed by atoms with van der Waals surface area (Å²) in [6.45, 7) is 17.5. The highest BCUT2D eigenvalue weighted by Crippen LogP contribution is 2.64. The molecule has 0 atom stereocenters. The van der Waals surface area contributed by atoms with Crippen molar-refractivity contribution in [2.24, 2.45) is 0 Å². The van der Waals surface area contributed by atoms with Gasteiger partial charge < -0.3 is 4.57 Å². The monoisotopic (exact) mass is 1700 g/mol. The molecule has 0 saturated carbocycles. The van der Waals surface area contributed by atoms with Gasteiger partial charge in [-0.15, -0.1) is 22.7 Å². The van der Waals surface area contributed by atoms with Crippen LogP contribution in [0.3, 0.4) is 0 Å². The molecule has 0 aliphatic heterocycles. The van der Waals surface area contributed by atoms with Crippen molar-refractivity contribution in [2.45, 2.75) is 541 Å². The molecule has 2 aliphatic rings. The maximum absolute atomic E-state index is 5.67. The van der Waals surface area contributed by atoms with Crippen LogP contribution in [0, 0.1) is 13.8 Å². The number of hydrogen-bond donors (Lipinski definition) is 0. The normalized spacial score (nSPS) is 13.5.